The maximum atomic E-state index is 12.8. The van der Waals surface area contributed by atoms with Crippen molar-refractivity contribution in [2.45, 2.75) is 20.3 Å². The van der Waals surface area contributed by atoms with Crippen LogP contribution in [0.2, 0.25) is 10.0 Å². The fourth-order valence-electron chi connectivity index (χ4n) is 4.14. The first-order chi connectivity index (χ1) is 12.4. The minimum Gasteiger partial charge on any atom is -0.342 e. The fourth-order valence-corrected chi connectivity index (χ4v) is 4.63. The second-order valence-electron chi connectivity index (χ2n) is 7.31. The molecular formula is C19H23Cl3N4O. The van der Waals surface area contributed by atoms with Crippen molar-refractivity contribution in [3.05, 3.63) is 45.2 Å². The lowest BCUT2D eigenvalue weighted by atomic mass is 10.0. The van der Waals surface area contributed by atoms with E-state index in [0.717, 1.165) is 48.8 Å². The number of hydrogen-bond acceptors (Lipinski definition) is 3. The average molecular weight is 430 g/mol. The molecule has 2 saturated heterocycles. The Balaban J connectivity index is 0.00000210. The van der Waals surface area contributed by atoms with Crippen molar-refractivity contribution >= 4 is 41.5 Å². The number of fused-ring (bicyclic) bond motifs is 1. The lowest BCUT2D eigenvalue weighted by molar-refractivity contribution is -0.129. The van der Waals surface area contributed by atoms with E-state index in [0.29, 0.717) is 28.3 Å². The molecule has 2 aliphatic rings. The molecule has 0 aliphatic carbocycles. The van der Waals surface area contributed by atoms with Gasteiger partial charge in [0.15, 0.2) is 0 Å². The molecule has 0 radical (unpaired) electrons. The molecule has 0 bridgehead atoms. The van der Waals surface area contributed by atoms with E-state index in [4.69, 9.17) is 23.2 Å². The van der Waals surface area contributed by atoms with Gasteiger partial charge in [0.05, 0.1) is 22.8 Å². The minimum absolute atomic E-state index is 0. The number of aromatic nitrogens is 2. The molecule has 1 amide bonds. The number of aryl methyl sites for hydroxylation is 1. The average Bonchev–Trinajstić information content (AvgIpc) is 3.24. The van der Waals surface area contributed by atoms with E-state index >= 15 is 0 Å². The van der Waals surface area contributed by atoms with Crippen LogP contribution in [0.4, 0.5) is 0 Å². The maximum absolute atomic E-state index is 12.8. The molecule has 1 aromatic heterocycles. The number of nitrogens with one attached hydrogen (secondary N) is 1. The van der Waals surface area contributed by atoms with Crippen LogP contribution in [-0.4, -0.2) is 46.8 Å². The second kappa shape index (κ2) is 8.00. The lowest BCUT2D eigenvalue weighted by Gasteiger charge is -2.17. The van der Waals surface area contributed by atoms with Gasteiger partial charge in [0.1, 0.15) is 0 Å². The number of carbonyl (C=O) groups is 1. The summed E-state index contributed by atoms with van der Waals surface area (Å²) in [5, 5.41) is 9.16. The second-order valence-corrected chi connectivity index (χ2v) is 8.15. The summed E-state index contributed by atoms with van der Waals surface area (Å²) in [5.74, 6) is 1.40. The molecule has 2 aromatic rings. The van der Waals surface area contributed by atoms with E-state index in [1.54, 1.807) is 16.8 Å². The van der Waals surface area contributed by atoms with Gasteiger partial charge in [-0.3, -0.25) is 4.79 Å². The topological polar surface area (TPSA) is 50.2 Å². The minimum atomic E-state index is 0. The van der Waals surface area contributed by atoms with Crippen molar-refractivity contribution < 1.29 is 4.79 Å². The van der Waals surface area contributed by atoms with Crippen LogP contribution in [0.5, 0.6) is 0 Å². The Bertz CT molecular complexity index is 855. The molecule has 1 aromatic carbocycles. The molecule has 0 unspecified atom stereocenters. The van der Waals surface area contributed by atoms with E-state index in [-0.39, 0.29) is 18.3 Å². The molecule has 8 heteroatoms. The van der Waals surface area contributed by atoms with Gasteiger partial charge in [-0.1, -0.05) is 23.2 Å². The molecule has 146 valence electrons. The summed E-state index contributed by atoms with van der Waals surface area (Å²) in [4.78, 5) is 14.8. The molecule has 5 nitrogen and oxygen atoms in total. The van der Waals surface area contributed by atoms with Crippen LogP contribution in [0.15, 0.2) is 18.2 Å². The number of hydrogen-bond donors (Lipinski definition) is 1. The summed E-state index contributed by atoms with van der Waals surface area (Å²) in [6.45, 7) is 7.71. The number of nitrogens with zero attached hydrogens (tertiary/aromatic N) is 3. The van der Waals surface area contributed by atoms with Gasteiger partial charge in [-0.15, -0.1) is 12.4 Å². The van der Waals surface area contributed by atoms with Crippen LogP contribution in [0.3, 0.4) is 0 Å². The lowest BCUT2D eigenvalue weighted by Crippen LogP contribution is -2.33. The zero-order valence-electron chi connectivity index (χ0n) is 15.3. The molecule has 0 spiro atoms. The number of likely N-dealkylation sites (tertiary alicyclic amines) is 1. The predicted octanol–water partition coefficient (Wildman–Crippen LogP) is 3.44. The van der Waals surface area contributed by atoms with Crippen LogP contribution in [-0.2, 0) is 11.2 Å². The van der Waals surface area contributed by atoms with Crippen LogP contribution in [0.25, 0.3) is 5.69 Å². The SMILES string of the molecule is Cc1nn(-c2ccc(Cl)cc2Cl)c(C)c1CC(=O)N1C[C@H]2CNC[C@H]2C1.Cl. The Kier molecular flexibility index (Phi) is 6.06. The van der Waals surface area contributed by atoms with Gasteiger partial charge >= 0.3 is 0 Å². The Morgan fingerprint density at radius 1 is 1.22 bits per heavy atom. The quantitative estimate of drug-likeness (QED) is 0.813. The third-order valence-corrected chi connectivity index (χ3v) is 6.19. The number of carbonyl (C=O) groups excluding carboxylic acids is 1. The van der Waals surface area contributed by atoms with Gasteiger partial charge in [-0.25, -0.2) is 4.68 Å². The first-order valence-corrected chi connectivity index (χ1v) is 9.68. The fraction of sp³-hybridized carbons (Fsp3) is 0.474. The maximum Gasteiger partial charge on any atom is 0.227 e. The molecule has 3 heterocycles. The zero-order chi connectivity index (χ0) is 18.4. The van der Waals surface area contributed by atoms with Gasteiger partial charge in [0.2, 0.25) is 5.91 Å². The summed E-state index contributed by atoms with van der Waals surface area (Å²) in [7, 11) is 0. The highest BCUT2D eigenvalue weighted by Crippen LogP contribution is 2.29. The first kappa shape index (κ1) is 20.5. The zero-order valence-corrected chi connectivity index (χ0v) is 17.7. The normalized spacial score (nSPS) is 21.3. The van der Waals surface area contributed by atoms with Gasteiger partial charge in [0.25, 0.3) is 0 Å². The van der Waals surface area contributed by atoms with Crippen molar-refractivity contribution in [1.82, 2.24) is 20.0 Å². The molecule has 0 saturated carbocycles. The third-order valence-electron chi connectivity index (χ3n) is 5.65. The molecular weight excluding hydrogens is 407 g/mol. The monoisotopic (exact) mass is 428 g/mol. The van der Waals surface area contributed by atoms with Crippen molar-refractivity contribution in [2.75, 3.05) is 26.2 Å². The number of amides is 1. The molecule has 2 atom stereocenters. The first-order valence-electron chi connectivity index (χ1n) is 8.93. The van der Waals surface area contributed by atoms with Crippen LogP contribution < -0.4 is 5.32 Å². The Morgan fingerprint density at radius 3 is 2.52 bits per heavy atom. The number of benzene rings is 1. The molecule has 27 heavy (non-hydrogen) atoms. The smallest absolute Gasteiger partial charge is 0.227 e. The van der Waals surface area contributed by atoms with Crippen LogP contribution in [0, 0.1) is 25.7 Å². The largest absolute Gasteiger partial charge is 0.342 e. The Morgan fingerprint density at radius 2 is 1.89 bits per heavy atom. The van der Waals surface area contributed by atoms with E-state index in [1.807, 2.05) is 24.8 Å². The van der Waals surface area contributed by atoms with Crippen molar-refractivity contribution in [3.8, 4) is 5.69 Å². The van der Waals surface area contributed by atoms with Crippen LogP contribution in [0.1, 0.15) is 17.0 Å². The summed E-state index contributed by atoms with van der Waals surface area (Å²) >= 11 is 12.3. The summed E-state index contributed by atoms with van der Waals surface area (Å²) in [6, 6.07) is 5.35. The summed E-state index contributed by atoms with van der Waals surface area (Å²) in [6.07, 6.45) is 0.385. The van der Waals surface area contributed by atoms with Crippen molar-refractivity contribution in [2.24, 2.45) is 11.8 Å². The van der Waals surface area contributed by atoms with E-state index < -0.39 is 0 Å². The molecule has 2 fully saturated rings. The van der Waals surface area contributed by atoms with Gasteiger partial charge < -0.3 is 10.2 Å². The number of halogens is 3. The van der Waals surface area contributed by atoms with E-state index in [9.17, 15) is 4.79 Å². The van der Waals surface area contributed by atoms with Crippen LogP contribution >= 0.6 is 35.6 Å². The van der Waals surface area contributed by atoms with E-state index in [1.165, 1.54) is 0 Å². The van der Waals surface area contributed by atoms with Gasteiger partial charge in [0, 0.05) is 42.5 Å². The standard InChI is InChI=1S/C19H22Cl2N4O.ClH/c1-11-16(6-19(26)24-9-13-7-22-8-14(13)10-24)12(2)25(23-11)18-4-3-15(20)5-17(18)21;/h3-5,13-14,22H,6-10H2,1-2H3;1H/t13-,14+;. The Hall–Kier alpha value is -1.27. The predicted molar refractivity (Wildman–Crippen MR) is 110 cm³/mol. The summed E-state index contributed by atoms with van der Waals surface area (Å²) in [5.41, 5.74) is 3.57. The highest BCUT2D eigenvalue weighted by atomic mass is 35.5. The van der Waals surface area contributed by atoms with Crippen molar-refractivity contribution in [3.63, 3.8) is 0 Å². The molecule has 2 aliphatic heterocycles. The Labute approximate surface area is 175 Å². The van der Waals surface area contributed by atoms with E-state index in [2.05, 4.69) is 10.4 Å². The highest BCUT2D eigenvalue weighted by Gasteiger charge is 2.38. The highest BCUT2D eigenvalue weighted by molar-refractivity contribution is 6.35. The molecule has 1 N–H and O–H groups in total. The molecule has 4 rings (SSSR count). The van der Waals surface area contributed by atoms with Crippen molar-refractivity contribution in [1.29, 1.82) is 0 Å². The third kappa shape index (κ3) is 3.83. The summed E-state index contributed by atoms with van der Waals surface area (Å²) < 4.78 is 1.80. The van der Waals surface area contributed by atoms with Gasteiger partial charge in [-0.2, -0.15) is 5.10 Å². The van der Waals surface area contributed by atoms with Gasteiger partial charge in [-0.05, 0) is 43.9 Å². The number of rotatable bonds is 3.